The van der Waals surface area contributed by atoms with Gasteiger partial charge in [-0.05, 0) is 12.5 Å². The van der Waals surface area contributed by atoms with Crippen molar-refractivity contribution in [2.24, 2.45) is 0 Å². The number of fused-ring (bicyclic) bond motifs is 1. The monoisotopic (exact) mass is 244 g/mol. The van der Waals surface area contributed by atoms with E-state index in [2.05, 4.69) is 4.98 Å². The summed E-state index contributed by atoms with van der Waals surface area (Å²) in [6, 6.07) is 0. The van der Waals surface area contributed by atoms with Crippen molar-refractivity contribution in [1.29, 1.82) is 0 Å². The van der Waals surface area contributed by atoms with Crippen LogP contribution in [0.3, 0.4) is 0 Å². The predicted molar refractivity (Wildman–Crippen MR) is 63.9 cm³/mol. The molecule has 1 N–H and O–H groups in total. The summed E-state index contributed by atoms with van der Waals surface area (Å²) in [4.78, 5) is 40.3. The van der Waals surface area contributed by atoms with Crippen LogP contribution in [0.15, 0.2) is 11.8 Å². The van der Waals surface area contributed by atoms with Crippen LogP contribution in [0.5, 0.6) is 0 Å². The van der Waals surface area contributed by atoms with Gasteiger partial charge in [0.25, 0.3) is 0 Å². The van der Waals surface area contributed by atoms with E-state index >= 15 is 0 Å². The summed E-state index contributed by atoms with van der Waals surface area (Å²) < 4.78 is 0. The van der Waals surface area contributed by atoms with Crippen LogP contribution in [0.25, 0.3) is 0 Å². The molecule has 1 aromatic rings. The standard InChI is InChI=1S/C13H12N2O3/c1-6-10-12(14-11(6)7(2)16)9(17)5-8(13(10)18)15-3-4-15/h5,14H,3-4H2,1-2H3. The number of nitrogens with zero attached hydrogens (tertiary/aromatic N) is 1. The van der Waals surface area contributed by atoms with Crippen molar-refractivity contribution in [3.05, 3.63) is 34.3 Å². The minimum atomic E-state index is -0.234. The van der Waals surface area contributed by atoms with Crippen LogP contribution in [-0.2, 0) is 0 Å². The zero-order chi connectivity index (χ0) is 13.0. The van der Waals surface area contributed by atoms with E-state index in [9.17, 15) is 14.4 Å². The first kappa shape index (κ1) is 11.0. The van der Waals surface area contributed by atoms with Crippen LogP contribution < -0.4 is 0 Å². The number of carbonyl (C=O) groups is 3. The van der Waals surface area contributed by atoms with E-state index in [-0.39, 0.29) is 23.0 Å². The first-order chi connectivity index (χ1) is 8.50. The van der Waals surface area contributed by atoms with Crippen molar-refractivity contribution in [1.82, 2.24) is 9.88 Å². The van der Waals surface area contributed by atoms with Crippen LogP contribution in [0.1, 0.15) is 43.8 Å². The Bertz CT molecular complexity index is 633. The number of aromatic nitrogens is 1. The molecule has 0 spiro atoms. The lowest BCUT2D eigenvalue weighted by molar-refractivity contribution is 0.0968. The van der Waals surface area contributed by atoms with Crippen molar-refractivity contribution in [3.8, 4) is 0 Å². The van der Waals surface area contributed by atoms with Crippen molar-refractivity contribution < 1.29 is 14.4 Å². The second-order valence-corrected chi connectivity index (χ2v) is 4.64. The minimum absolute atomic E-state index is 0.164. The van der Waals surface area contributed by atoms with Gasteiger partial charge in [0.1, 0.15) is 0 Å². The van der Waals surface area contributed by atoms with Gasteiger partial charge in [0.2, 0.25) is 11.6 Å². The lowest BCUT2D eigenvalue weighted by Crippen LogP contribution is -2.21. The number of nitrogens with one attached hydrogen (secondary N) is 1. The molecule has 1 aliphatic heterocycles. The predicted octanol–water partition coefficient (Wildman–Crippen LogP) is 1.10. The molecule has 1 saturated heterocycles. The van der Waals surface area contributed by atoms with Gasteiger partial charge in [-0.3, -0.25) is 14.4 Å². The maximum Gasteiger partial charge on any atom is 0.211 e. The number of carbonyl (C=O) groups excluding carboxylic acids is 3. The molecule has 0 saturated carbocycles. The van der Waals surface area contributed by atoms with Gasteiger partial charge in [0.15, 0.2) is 5.78 Å². The normalized spacial score (nSPS) is 17.7. The maximum atomic E-state index is 12.3. The average molecular weight is 244 g/mol. The fourth-order valence-corrected chi connectivity index (χ4v) is 2.33. The lowest BCUT2D eigenvalue weighted by atomic mass is 9.95. The Balaban J connectivity index is 2.18. The third kappa shape index (κ3) is 1.37. The molecule has 1 aromatic heterocycles. The molecule has 3 rings (SSSR count). The van der Waals surface area contributed by atoms with E-state index in [0.717, 1.165) is 13.1 Å². The zero-order valence-corrected chi connectivity index (χ0v) is 10.2. The third-order valence-electron chi connectivity index (χ3n) is 3.36. The first-order valence-corrected chi connectivity index (χ1v) is 5.80. The van der Waals surface area contributed by atoms with E-state index in [1.807, 2.05) is 4.90 Å². The first-order valence-electron chi connectivity index (χ1n) is 5.80. The summed E-state index contributed by atoms with van der Waals surface area (Å²) in [6.07, 6.45) is 1.36. The molecule has 2 aliphatic rings. The molecule has 1 aliphatic carbocycles. The molecule has 5 heteroatoms. The Hall–Kier alpha value is -2.17. The summed E-state index contributed by atoms with van der Waals surface area (Å²) in [5.41, 5.74) is 1.97. The van der Waals surface area contributed by atoms with Crippen LogP contribution in [0.2, 0.25) is 0 Å². The second kappa shape index (κ2) is 3.41. The van der Waals surface area contributed by atoms with Gasteiger partial charge < -0.3 is 9.88 Å². The number of aromatic amines is 1. The molecule has 5 nitrogen and oxygen atoms in total. The van der Waals surface area contributed by atoms with Crippen molar-refractivity contribution >= 4 is 17.3 Å². The van der Waals surface area contributed by atoms with Crippen LogP contribution in [0, 0.1) is 6.92 Å². The van der Waals surface area contributed by atoms with Gasteiger partial charge in [-0.25, -0.2) is 0 Å². The summed E-state index contributed by atoms with van der Waals surface area (Å²) in [6.45, 7) is 4.73. The van der Waals surface area contributed by atoms with Crippen molar-refractivity contribution in [2.75, 3.05) is 13.1 Å². The average Bonchev–Trinajstić information content (AvgIpc) is 3.07. The van der Waals surface area contributed by atoms with E-state index in [4.69, 9.17) is 0 Å². The highest BCUT2D eigenvalue weighted by Gasteiger charge is 2.36. The fraction of sp³-hybridized carbons (Fsp3) is 0.308. The molecule has 0 amide bonds. The number of hydrogen-bond donors (Lipinski definition) is 1. The molecule has 0 unspecified atom stereocenters. The minimum Gasteiger partial charge on any atom is -0.365 e. The number of rotatable bonds is 2. The number of hydrogen-bond acceptors (Lipinski definition) is 4. The van der Waals surface area contributed by atoms with Gasteiger partial charge >= 0.3 is 0 Å². The highest BCUT2D eigenvalue weighted by atomic mass is 16.1. The highest BCUT2D eigenvalue weighted by Crippen LogP contribution is 2.30. The van der Waals surface area contributed by atoms with Gasteiger partial charge in [-0.1, -0.05) is 0 Å². The van der Waals surface area contributed by atoms with Gasteiger partial charge in [-0.15, -0.1) is 0 Å². The Labute approximate surface area is 103 Å². The topological polar surface area (TPSA) is 70.0 Å². The summed E-state index contributed by atoms with van der Waals surface area (Å²) in [5, 5.41) is 0. The number of Topliss-reactive ketones (excluding diaryl/α,β-unsaturated/α-hetero) is 2. The summed E-state index contributed by atoms with van der Waals surface area (Å²) >= 11 is 0. The molecule has 0 bridgehead atoms. The van der Waals surface area contributed by atoms with Gasteiger partial charge in [0.05, 0.1) is 22.6 Å². The van der Waals surface area contributed by atoms with Gasteiger partial charge in [-0.2, -0.15) is 0 Å². The molecular formula is C13H12N2O3. The maximum absolute atomic E-state index is 12.3. The summed E-state index contributed by atoms with van der Waals surface area (Å²) in [5.74, 6) is -0.568. The zero-order valence-electron chi connectivity index (χ0n) is 10.2. The van der Waals surface area contributed by atoms with E-state index in [1.165, 1.54) is 13.0 Å². The number of allylic oxidation sites excluding steroid dienone is 2. The smallest absolute Gasteiger partial charge is 0.211 e. The molecule has 0 aromatic carbocycles. The Morgan fingerprint density at radius 2 is 2.00 bits per heavy atom. The molecular weight excluding hydrogens is 232 g/mol. The molecule has 18 heavy (non-hydrogen) atoms. The van der Waals surface area contributed by atoms with Crippen LogP contribution >= 0.6 is 0 Å². The van der Waals surface area contributed by atoms with E-state index < -0.39 is 0 Å². The van der Waals surface area contributed by atoms with Crippen LogP contribution in [0.4, 0.5) is 0 Å². The van der Waals surface area contributed by atoms with Crippen molar-refractivity contribution in [2.45, 2.75) is 13.8 Å². The lowest BCUT2D eigenvalue weighted by Gasteiger charge is -2.13. The number of H-pyrrole nitrogens is 1. The van der Waals surface area contributed by atoms with E-state index in [1.54, 1.807) is 6.92 Å². The molecule has 0 atom stereocenters. The largest absolute Gasteiger partial charge is 0.365 e. The Kier molecular flexibility index (Phi) is 2.08. The van der Waals surface area contributed by atoms with E-state index in [0.29, 0.717) is 22.5 Å². The summed E-state index contributed by atoms with van der Waals surface area (Å²) in [7, 11) is 0. The van der Waals surface area contributed by atoms with Crippen LogP contribution in [-0.4, -0.2) is 40.3 Å². The molecule has 1 fully saturated rings. The Morgan fingerprint density at radius 1 is 1.33 bits per heavy atom. The molecule has 2 heterocycles. The quantitative estimate of drug-likeness (QED) is 0.624. The van der Waals surface area contributed by atoms with Gasteiger partial charge in [0, 0.05) is 26.1 Å². The molecule has 92 valence electrons. The van der Waals surface area contributed by atoms with Crippen molar-refractivity contribution in [3.63, 3.8) is 0 Å². The SMILES string of the molecule is CC(=O)c1[nH]c2c(c1C)C(=O)C(N1CC1)=CC2=O. The number of ketones is 3. The fourth-order valence-electron chi connectivity index (χ4n) is 2.33. The molecule has 0 radical (unpaired) electrons. The second-order valence-electron chi connectivity index (χ2n) is 4.64. The third-order valence-corrected chi connectivity index (χ3v) is 3.36. The highest BCUT2D eigenvalue weighted by molar-refractivity contribution is 6.25. The Morgan fingerprint density at radius 3 is 2.56 bits per heavy atom.